The molecule has 0 saturated carbocycles. The van der Waals surface area contributed by atoms with Crippen LogP contribution in [0.1, 0.15) is 13.8 Å². The Morgan fingerprint density at radius 1 is 0.879 bits per heavy atom. The SMILES string of the molecule is CC(C)S(=O)(=O)N1CCN(S(=O)(=O)Nc2ccc(F)c(F)c2Nc2ccc(I)cc2F)CC1. The van der Waals surface area contributed by atoms with Crippen LogP contribution in [-0.4, -0.2) is 56.9 Å². The minimum absolute atomic E-state index is 0.0435. The van der Waals surface area contributed by atoms with Gasteiger partial charge in [0.1, 0.15) is 11.5 Å². The van der Waals surface area contributed by atoms with Crippen LogP contribution in [0.4, 0.5) is 30.2 Å². The van der Waals surface area contributed by atoms with Crippen LogP contribution < -0.4 is 10.0 Å². The van der Waals surface area contributed by atoms with Crippen LogP contribution >= 0.6 is 22.6 Å². The molecule has 0 atom stereocenters. The van der Waals surface area contributed by atoms with Gasteiger partial charge in [-0.3, -0.25) is 4.72 Å². The molecule has 182 valence electrons. The Balaban J connectivity index is 1.84. The second kappa shape index (κ2) is 9.93. The maximum Gasteiger partial charge on any atom is 0.301 e. The summed E-state index contributed by atoms with van der Waals surface area (Å²) in [5.74, 6) is -3.37. The zero-order chi connectivity index (χ0) is 24.6. The zero-order valence-corrected chi connectivity index (χ0v) is 21.4. The molecule has 8 nitrogen and oxygen atoms in total. The molecule has 1 heterocycles. The molecule has 14 heteroatoms. The number of halogens is 4. The average molecular weight is 618 g/mol. The van der Waals surface area contributed by atoms with Crippen molar-refractivity contribution in [2.75, 3.05) is 36.2 Å². The maximum atomic E-state index is 14.6. The monoisotopic (exact) mass is 618 g/mol. The normalized spacial score (nSPS) is 16.2. The van der Waals surface area contributed by atoms with Crippen molar-refractivity contribution < 1.29 is 30.0 Å². The summed E-state index contributed by atoms with van der Waals surface area (Å²) in [7, 11) is -7.78. The van der Waals surface area contributed by atoms with E-state index in [1.165, 1.54) is 36.4 Å². The van der Waals surface area contributed by atoms with Crippen molar-refractivity contribution in [3.05, 3.63) is 51.4 Å². The second-order valence-electron chi connectivity index (χ2n) is 7.53. The molecule has 2 aromatic carbocycles. The molecule has 1 aliphatic heterocycles. The topological polar surface area (TPSA) is 98.8 Å². The molecule has 1 saturated heterocycles. The largest absolute Gasteiger partial charge is 0.349 e. The Bertz CT molecular complexity index is 1250. The zero-order valence-electron chi connectivity index (χ0n) is 17.6. The Morgan fingerprint density at radius 2 is 1.45 bits per heavy atom. The van der Waals surface area contributed by atoms with Crippen molar-refractivity contribution in [2.24, 2.45) is 0 Å². The Morgan fingerprint density at radius 3 is 2.03 bits per heavy atom. The fraction of sp³-hybridized carbons (Fsp3) is 0.368. The summed E-state index contributed by atoms with van der Waals surface area (Å²) in [5, 5.41) is 1.77. The standard InChI is InChI=1S/C19H22F3IN4O4S2/c1-12(2)32(28,29)26-7-9-27(10-8-26)33(30,31)25-17-6-4-14(20)18(22)19(17)24-16-5-3-13(23)11-15(16)21/h3-6,11-12,24-25H,7-10H2,1-2H3. The summed E-state index contributed by atoms with van der Waals surface area (Å²) in [6, 6.07) is 5.79. The van der Waals surface area contributed by atoms with Gasteiger partial charge >= 0.3 is 10.2 Å². The Kier molecular flexibility index (Phi) is 7.82. The van der Waals surface area contributed by atoms with Gasteiger partial charge < -0.3 is 5.32 Å². The van der Waals surface area contributed by atoms with Crippen molar-refractivity contribution >= 4 is 59.9 Å². The van der Waals surface area contributed by atoms with E-state index in [4.69, 9.17) is 0 Å². The molecule has 0 aromatic heterocycles. The van der Waals surface area contributed by atoms with Crippen LogP contribution in [0.2, 0.25) is 0 Å². The Hall–Kier alpha value is -1.62. The van der Waals surface area contributed by atoms with E-state index < -0.39 is 48.6 Å². The third kappa shape index (κ3) is 5.72. The molecule has 0 bridgehead atoms. The van der Waals surface area contributed by atoms with Crippen molar-refractivity contribution in [1.29, 1.82) is 0 Å². The van der Waals surface area contributed by atoms with Crippen LogP contribution in [0.5, 0.6) is 0 Å². The number of anilines is 3. The molecule has 2 N–H and O–H groups in total. The fourth-order valence-corrected chi connectivity index (χ4v) is 6.09. The molecular weight excluding hydrogens is 596 g/mol. The van der Waals surface area contributed by atoms with E-state index in [1.54, 1.807) is 0 Å². The first-order valence-corrected chi connectivity index (χ1v) is 13.8. The predicted molar refractivity (Wildman–Crippen MR) is 129 cm³/mol. The van der Waals surface area contributed by atoms with Gasteiger partial charge in [0, 0.05) is 29.7 Å². The van der Waals surface area contributed by atoms with Crippen LogP contribution in [0.15, 0.2) is 30.3 Å². The average Bonchev–Trinajstić information content (AvgIpc) is 2.74. The molecule has 1 fully saturated rings. The first-order valence-electron chi connectivity index (χ1n) is 9.80. The van der Waals surface area contributed by atoms with Crippen molar-refractivity contribution in [2.45, 2.75) is 19.1 Å². The highest BCUT2D eigenvalue weighted by Gasteiger charge is 2.34. The highest BCUT2D eigenvalue weighted by atomic mass is 127. The number of nitrogens with zero attached hydrogens (tertiary/aromatic N) is 2. The third-order valence-electron chi connectivity index (χ3n) is 5.02. The fourth-order valence-electron chi connectivity index (χ4n) is 3.15. The van der Waals surface area contributed by atoms with Gasteiger partial charge in [-0.25, -0.2) is 21.6 Å². The summed E-state index contributed by atoms with van der Waals surface area (Å²) in [4.78, 5) is 0. The second-order valence-corrected chi connectivity index (χ2v) is 12.9. The summed E-state index contributed by atoms with van der Waals surface area (Å²) >= 11 is 1.88. The van der Waals surface area contributed by atoms with E-state index in [0.29, 0.717) is 3.57 Å². The molecule has 33 heavy (non-hydrogen) atoms. The van der Waals surface area contributed by atoms with E-state index in [1.807, 2.05) is 22.6 Å². The molecule has 0 amide bonds. The molecule has 0 aliphatic carbocycles. The van der Waals surface area contributed by atoms with Crippen LogP contribution in [-0.2, 0) is 20.2 Å². The minimum Gasteiger partial charge on any atom is -0.349 e. The van der Waals surface area contributed by atoms with E-state index >= 15 is 0 Å². The van der Waals surface area contributed by atoms with Gasteiger partial charge in [-0.1, -0.05) is 0 Å². The Labute approximate surface area is 204 Å². The van der Waals surface area contributed by atoms with Crippen LogP contribution in [0.3, 0.4) is 0 Å². The van der Waals surface area contributed by atoms with Gasteiger partial charge in [0.15, 0.2) is 11.6 Å². The van der Waals surface area contributed by atoms with E-state index in [0.717, 1.165) is 16.4 Å². The number of benzene rings is 2. The molecule has 2 aromatic rings. The number of sulfonamides is 1. The number of hydrogen-bond donors (Lipinski definition) is 2. The lowest BCUT2D eigenvalue weighted by atomic mass is 10.2. The smallest absolute Gasteiger partial charge is 0.301 e. The quantitative estimate of drug-likeness (QED) is 0.464. The maximum absolute atomic E-state index is 14.6. The lowest BCUT2D eigenvalue weighted by molar-refractivity contribution is 0.272. The summed E-state index contributed by atoms with van der Waals surface area (Å²) in [6.07, 6.45) is 0. The number of rotatable bonds is 7. The summed E-state index contributed by atoms with van der Waals surface area (Å²) < 4.78 is 98.0. The van der Waals surface area contributed by atoms with Gasteiger partial charge in [-0.15, -0.1) is 0 Å². The lowest BCUT2D eigenvalue weighted by Crippen LogP contribution is -2.53. The molecule has 0 unspecified atom stereocenters. The van der Waals surface area contributed by atoms with Gasteiger partial charge in [-0.05, 0) is 66.8 Å². The van der Waals surface area contributed by atoms with Crippen LogP contribution in [0, 0.1) is 21.0 Å². The van der Waals surface area contributed by atoms with Crippen molar-refractivity contribution in [3.8, 4) is 0 Å². The molecule has 0 radical (unpaired) electrons. The molecular formula is C19H22F3IN4O4S2. The third-order valence-corrected chi connectivity index (χ3v) is 9.49. The number of hydrogen-bond acceptors (Lipinski definition) is 5. The predicted octanol–water partition coefficient (Wildman–Crippen LogP) is 3.46. The number of nitrogens with one attached hydrogen (secondary N) is 2. The first kappa shape index (κ1) is 26.0. The van der Waals surface area contributed by atoms with Crippen molar-refractivity contribution in [1.82, 2.24) is 8.61 Å². The van der Waals surface area contributed by atoms with E-state index in [9.17, 15) is 30.0 Å². The molecule has 0 spiro atoms. The minimum atomic E-state index is -4.25. The van der Waals surface area contributed by atoms with Gasteiger partial charge in [0.05, 0.1) is 16.6 Å². The van der Waals surface area contributed by atoms with Gasteiger partial charge in [0.25, 0.3) is 0 Å². The van der Waals surface area contributed by atoms with Crippen molar-refractivity contribution in [3.63, 3.8) is 0 Å². The molecule has 3 rings (SSSR count). The highest BCUT2D eigenvalue weighted by molar-refractivity contribution is 14.1. The van der Waals surface area contributed by atoms with Crippen LogP contribution in [0.25, 0.3) is 0 Å². The highest BCUT2D eigenvalue weighted by Crippen LogP contribution is 2.33. The summed E-state index contributed by atoms with van der Waals surface area (Å²) in [5.41, 5.74) is -1.09. The van der Waals surface area contributed by atoms with E-state index in [2.05, 4.69) is 10.0 Å². The summed E-state index contributed by atoms with van der Waals surface area (Å²) in [6.45, 7) is 2.73. The number of piperazine rings is 1. The molecule has 1 aliphatic rings. The first-order chi connectivity index (χ1) is 15.3. The lowest BCUT2D eigenvalue weighted by Gasteiger charge is -2.34. The van der Waals surface area contributed by atoms with Gasteiger partial charge in [0.2, 0.25) is 10.0 Å². The van der Waals surface area contributed by atoms with Gasteiger partial charge in [-0.2, -0.15) is 17.0 Å². The van der Waals surface area contributed by atoms with E-state index in [-0.39, 0.29) is 37.6 Å².